The fraction of sp³-hybridized carbons (Fsp3) is 0.158. The average Bonchev–Trinajstić information content (AvgIpc) is 2.60. The third-order valence-corrected chi connectivity index (χ3v) is 4.00. The fourth-order valence-corrected chi connectivity index (χ4v) is 2.60. The molecule has 0 saturated carbocycles. The van der Waals surface area contributed by atoms with Crippen LogP contribution in [0.3, 0.4) is 0 Å². The highest BCUT2D eigenvalue weighted by atomic mass is 79.9. The molecule has 1 N–H and O–H groups in total. The van der Waals surface area contributed by atoms with Gasteiger partial charge in [0.15, 0.2) is 0 Å². The van der Waals surface area contributed by atoms with Crippen molar-refractivity contribution in [2.45, 2.75) is 13.0 Å². The first kappa shape index (κ1) is 17.8. The summed E-state index contributed by atoms with van der Waals surface area (Å²) in [4.78, 5) is 12.4. The van der Waals surface area contributed by atoms with Crippen LogP contribution in [0.25, 0.3) is 6.08 Å². The van der Waals surface area contributed by atoms with Gasteiger partial charge < -0.3 is 10.1 Å². The smallest absolute Gasteiger partial charge is 0.262 e. The summed E-state index contributed by atoms with van der Waals surface area (Å²) < 4.78 is 6.11. The van der Waals surface area contributed by atoms with E-state index in [0.29, 0.717) is 11.3 Å². The molecule has 0 aliphatic heterocycles. The molecule has 0 bridgehead atoms. The molecule has 0 unspecified atom stereocenters. The van der Waals surface area contributed by atoms with Crippen molar-refractivity contribution in [1.82, 2.24) is 5.32 Å². The van der Waals surface area contributed by atoms with Gasteiger partial charge in [0.1, 0.15) is 17.4 Å². The van der Waals surface area contributed by atoms with Crippen LogP contribution in [0, 0.1) is 11.3 Å². The van der Waals surface area contributed by atoms with Crippen LogP contribution < -0.4 is 10.1 Å². The van der Waals surface area contributed by atoms with E-state index in [-0.39, 0.29) is 11.6 Å². The van der Waals surface area contributed by atoms with E-state index in [9.17, 15) is 10.1 Å². The number of rotatable bonds is 5. The van der Waals surface area contributed by atoms with E-state index in [1.807, 2.05) is 49.4 Å². The van der Waals surface area contributed by atoms with Gasteiger partial charge in [-0.1, -0.05) is 46.3 Å². The summed E-state index contributed by atoms with van der Waals surface area (Å²) in [7, 11) is 1.55. The van der Waals surface area contributed by atoms with Crippen molar-refractivity contribution in [1.29, 1.82) is 5.26 Å². The van der Waals surface area contributed by atoms with Crippen molar-refractivity contribution in [3.8, 4) is 11.8 Å². The number of hydrogen-bond acceptors (Lipinski definition) is 3. The van der Waals surface area contributed by atoms with Crippen LogP contribution >= 0.6 is 15.9 Å². The van der Waals surface area contributed by atoms with Gasteiger partial charge in [-0.15, -0.1) is 0 Å². The van der Waals surface area contributed by atoms with Crippen molar-refractivity contribution in [3.05, 3.63) is 69.7 Å². The summed E-state index contributed by atoms with van der Waals surface area (Å²) in [6.45, 7) is 1.88. The van der Waals surface area contributed by atoms with Gasteiger partial charge in [0.05, 0.1) is 13.2 Å². The lowest BCUT2D eigenvalue weighted by atomic mass is 10.1. The van der Waals surface area contributed by atoms with Crippen molar-refractivity contribution in [2.24, 2.45) is 0 Å². The van der Waals surface area contributed by atoms with Crippen LogP contribution in [0.5, 0.6) is 5.75 Å². The van der Waals surface area contributed by atoms with E-state index in [2.05, 4.69) is 21.2 Å². The molecule has 0 saturated heterocycles. The second kappa shape index (κ2) is 8.32. The molecule has 0 radical (unpaired) electrons. The molecule has 4 nitrogen and oxygen atoms in total. The normalized spacial score (nSPS) is 12.2. The Morgan fingerprint density at radius 1 is 1.29 bits per heavy atom. The van der Waals surface area contributed by atoms with Crippen LogP contribution in [-0.2, 0) is 4.79 Å². The van der Waals surface area contributed by atoms with Crippen LogP contribution in [0.2, 0.25) is 0 Å². The Labute approximate surface area is 149 Å². The molecular formula is C19H17BrN2O2. The van der Waals surface area contributed by atoms with Gasteiger partial charge in [0, 0.05) is 10.0 Å². The third-order valence-electron chi connectivity index (χ3n) is 3.50. The first-order valence-electron chi connectivity index (χ1n) is 7.36. The zero-order chi connectivity index (χ0) is 17.5. The van der Waals surface area contributed by atoms with Crippen LogP contribution in [-0.4, -0.2) is 13.0 Å². The Kier molecular flexibility index (Phi) is 6.16. The molecule has 0 aromatic heterocycles. The number of ether oxygens (including phenoxy) is 1. The van der Waals surface area contributed by atoms with Crippen molar-refractivity contribution >= 4 is 27.9 Å². The number of amides is 1. The molecule has 2 aromatic carbocycles. The number of methoxy groups -OCH3 is 1. The molecule has 0 heterocycles. The lowest BCUT2D eigenvalue weighted by Crippen LogP contribution is -2.27. The van der Waals surface area contributed by atoms with Gasteiger partial charge in [-0.25, -0.2) is 0 Å². The third kappa shape index (κ3) is 4.46. The standard InChI is InChI=1S/C19H17BrN2O2/c1-13(14-6-4-3-5-7-14)22-19(23)16(12-21)10-15-11-17(20)8-9-18(15)24-2/h3-11,13H,1-2H3,(H,22,23)/b16-10-/t13-/m0/s1. The first-order valence-corrected chi connectivity index (χ1v) is 8.15. The number of nitrogens with zero attached hydrogens (tertiary/aromatic N) is 1. The topological polar surface area (TPSA) is 62.1 Å². The Bertz CT molecular complexity index is 795. The van der Waals surface area contributed by atoms with Crippen LogP contribution in [0.4, 0.5) is 0 Å². The molecule has 24 heavy (non-hydrogen) atoms. The summed E-state index contributed by atoms with van der Waals surface area (Å²) in [6.07, 6.45) is 1.52. The molecule has 0 aliphatic carbocycles. The zero-order valence-corrected chi connectivity index (χ0v) is 15.0. The molecule has 1 atom stereocenters. The fourth-order valence-electron chi connectivity index (χ4n) is 2.22. The zero-order valence-electron chi connectivity index (χ0n) is 13.4. The highest BCUT2D eigenvalue weighted by Gasteiger charge is 2.14. The lowest BCUT2D eigenvalue weighted by Gasteiger charge is -2.14. The minimum absolute atomic E-state index is 0.0224. The number of halogens is 1. The Balaban J connectivity index is 2.23. The van der Waals surface area contributed by atoms with Gasteiger partial charge in [-0.2, -0.15) is 5.26 Å². The largest absolute Gasteiger partial charge is 0.496 e. The number of hydrogen-bond donors (Lipinski definition) is 1. The van der Waals surface area contributed by atoms with Gasteiger partial charge in [0.2, 0.25) is 0 Å². The molecular weight excluding hydrogens is 368 g/mol. The monoisotopic (exact) mass is 384 g/mol. The van der Waals surface area contributed by atoms with Gasteiger partial charge in [0.25, 0.3) is 5.91 Å². The molecule has 2 aromatic rings. The summed E-state index contributed by atoms with van der Waals surface area (Å²) in [5, 5.41) is 12.2. The maximum Gasteiger partial charge on any atom is 0.262 e. The highest BCUT2D eigenvalue weighted by Crippen LogP contribution is 2.25. The van der Waals surface area contributed by atoms with Crippen molar-refractivity contribution < 1.29 is 9.53 Å². The number of nitriles is 1. The summed E-state index contributed by atoms with van der Waals surface area (Å²) in [5.74, 6) is 0.172. The molecule has 0 fully saturated rings. The molecule has 0 spiro atoms. The van der Waals surface area contributed by atoms with Gasteiger partial charge in [-0.05, 0) is 36.8 Å². The van der Waals surface area contributed by atoms with E-state index < -0.39 is 5.91 Å². The average molecular weight is 385 g/mol. The van der Waals surface area contributed by atoms with Gasteiger partial charge in [-0.3, -0.25) is 4.79 Å². The number of benzene rings is 2. The van der Waals surface area contributed by atoms with Gasteiger partial charge >= 0.3 is 0 Å². The highest BCUT2D eigenvalue weighted by molar-refractivity contribution is 9.10. The summed E-state index contributed by atoms with van der Waals surface area (Å²) in [5.41, 5.74) is 1.66. The SMILES string of the molecule is COc1ccc(Br)cc1/C=C(/C#N)C(=O)N[C@@H](C)c1ccccc1. The Morgan fingerprint density at radius 3 is 2.62 bits per heavy atom. The number of carbonyl (C=O) groups is 1. The van der Waals surface area contributed by atoms with E-state index in [1.54, 1.807) is 19.2 Å². The predicted molar refractivity (Wildman–Crippen MR) is 97.3 cm³/mol. The Hall–Kier alpha value is -2.58. The molecule has 1 amide bonds. The predicted octanol–water partition coefficient (Wildman–Crippen LogP) is 4.24. The molecule has 0 aliphatic rings. The second-order valence-electron chi connectivity index (χ2n) is 5.16. The minimum Gasteiger partial charge on any atom is -0.496 e. The molecule has 5 heteroatoms. The maximum absolute atomic E-state index is 12.4. The quantitative estimate of drug-likeness (QED) is 0.619. The molecule has 2 rings (SSSR count). The summed E-state index contributed by atoms with van der Waals surface area (Å²) in [6, 6.07) is 16.8. The van der Waals surface area contributed by atoms with Crippen molar-refractivity contribution in [2.75, 3.05) is 7.11 Å². The van der Waals surface area contributed by atoms with E-state index in [1.165, 1.54) is 6.08 Å². The van der Waals surface area contributed by atoms with E-state index in [0.717, 1.165) is 10.0 Å². The number of carbonyl (C=O) groups excluding carboxylic acids is 1. The minimum atomic E-state index is -0.420. The van der Waals surface area contributed by atoms with E-state index in [4.69, 9.17) is 4.74 Å². The summed E-state index contributed by atoms with van der Waals surface area (Å²) >= 11 is 3.38. The van der Waals surface area contributed by atoms with Crippen molar-refractivity contribution in [3.63, 3.8) is 0 Å². The molecule has 122 valence electrons. The van der Waals surface area contributed by atoms with Crippen LogP contribution in [0.15, 0.2) is 58.6 Å². The van der Waals surface area contributed by atoms with Crippen LogP contribution in [0.1, 0.15) is 24.1 Å². The first-order chi connectivity index (χ1) is 11.5. The lowest BCUT2D eigenvalue weighted by molar-refractivity contribution is -0.117. The Morgan fingerprint density at radius 2 is 2.00 bits per heavy atom. The number of nitrogens with one attached hydrogen (secondary N) is 1. The second-order valence-corrected chi connectivity index (χ2v) is 6.08. The maximum atomic E-state index is 12.4. The van der Waals surface area contributed by atoms with E-state index >= 15 is 0 Å².